The number of hydrogen-bond donors (Lipinski definition) is 3. The standard InChI is InChI=1S/C13H19N5O3.ClH/c1-8-9(6-15-12(16-8)18(2)3)10(19)17-13(11(20)21)4-5-14-7-13;/h6,14H,4-5,7H2,1-3H3,(H,17,19)(H,20,21);1H. The van der Waals surface area contributed by atoms with Crippen molar-refractivity contribution in [3.05, 3.63) is 17.5 Å². The van der Waals surface area contributed by atoms with Crippen LogP contribution in [-0.4, -0.2) is 59.7 Å². The van der Waals surface area contributed by atoms with Crippen molar-refractivity contribution in [2.24, 2.45) is 0 Å². The van der Waals surface area contributed by atoms with E-state index in [1.807, 2.05) is 0 Å². The first kappa shape index (κ1) is 18.1. The lowest BCUT2D eigenvalue weighted by molar-refractivity contribution is -0.143. The van der Waals surface area contributed by atoms with Crippen LogP contribution in [-0.2, 0) is 4.79 Å². The molecule has 0 aromatic carbocycles. The van der Waals surface area contributed by atoms with Gasteiger partial charge in [0.1, 0.15) is 0 Å². The van der Waals surface area contributed by atoms with Gasteiger partial charge in [-0.2, -0.15) is 0 Å². The molecule has 1 fully saturated rings. The number of carboxylic acids is 1. The topological polar surface area (TPSA) is 107 Å². The van der Waals surface area contributed by atoms with Gasteiger partial charge in [-0.25, -0.2) is 14.8 Å². The molecule has 9 heteroatoms. The van der Waals surface area contributed by atoms with Crippen LogP contribution in [0.3, 0.4) is 0 Å². The summed E-state index contributed by atoms with van der Waals surface area (Å²) in [5, 5.41) is 14.9. The Bertz CT molecular complexity index is 573. The molecule has 2 heterocycles. The highest BCUT2D eigenvalue weighted by Crippen LogP contribution is 2.17. The number of carboxylic acid groups (broad SMARTS) is 1. The van der Waals surface area contributed by atoms with Gasteiger partial charge in [0.25, 0.3) is 5.91 Å². The maximum Gasteiger partial charge on any atom is 0.330 e. The van der Waals surface area contributed by atoms with E-state index in [2.05, 4.69) is 20.6 Å². The van der Waals surface area contributed by atoms with E-state index in [1.165, 1.54) is 6.20 Å². The Morgan fingerprint density at radius 1 is 1.45 bits per heavy atom. The molecule has 0 saturated carbocycles. The molecule has 0 radical (unpaired) electrons. The fraction of sp³-hybridized carbons (Fsp3) is 0.538. The highest BCUT2D eigenvalue weighted by molar-refractivity contribution is 5.98. The van der Waals surface area contributed by atoms with Crippen LogP contribution >= 0.6 is 12.4 Å². The van der Waals surface area contributed by atoms with Gasteiger partial charge in [0.05, 0.1) is 11.3 Å². The number of amides is 1. The Kier molecular flexibility index (Phi) is 5.67. The average Bonchev–Trinajstić information content (AvgIpc) is 2.88. The molecule has 3 N–H and O–H groups in total. The fourth-order valence-corrected chi connectivity index (χ4v) is 2.21. The van der Waals surface area contributed by atoms with Crippen LogP contribution in [0.25, 0.3) is 0 Å². The van der Waals surface area contributed by atoms with E-state index in [-0.39, 0.29) is 24.5 Å². The summed E-state index contributed by atoms with van der Waals surface area (Å²) in [6.07, 6.45) is 1.77. The molecule has 0 spiro atoms. The van der Waals surface area contributed by atoms with Crippen molar-refractivity contribution in [1.82, 2.24) is 20.6 Å². The second-order valence-electron chi connectivity index (χ2n) is 5.33. The number of hydrogen-bond acceptors (Lipinski definition) is 6. The van der Waals surface area contributed by atoms with Gasteiger partial charge in [-0.15, -0.1) is 12.4 Å². The Morgan fingerprint density at radius 2 is 2.14 bits per heavy atom. The summed E-state index contributed by atoms with van der Waals surface area (Å²) < 4.78 is 0. The summed E-state index contributed by atoms with van der Waals surface area (Å²) in [5.41, 5.74) is -0.463. The molecule has 1 aromatic heterocycles. The second kappa shape index (κ2) is 6.89. The van der Waals surface area contributed by atoms with Crippen molar-refractivity contribution in [3.63, 3.8) is 0 Å². The number of nitrogens with one attached hydrogen (secondary N) is 2. The molecule has 22 heavy (non-hydrogen) atoms. The van der Waals surface area contributed by atoms with Gasteiger partial charge in [-0.3, -0.25) is 4.79 Å². The minimum absolute atomic E-state index is 0. The summed E-state index contributed by atoms with van der Waals surface area (Å²) >= 11 is 0. The van der Waals surface area contributed by atoms with Crippen LogP contribution in [0, 0.1) is 6.92 Å². The number of carbonyl (C=O) groups is 2. The maximum absolute atomic E-state index is 12.3. The van der Waals surface area contributed by atoms with Gasteiger partial charge in [0.2, 0.25) is 5.95 Å². The molecular formula is C13H20ClN5O3. The van der Waals surface area contributed by atoms with Crippen LogP contribution in [0.15, 0.2) is 6.20 Å². The van der Waals surface area contributed by atoms with E-state index < -0.39 is 17.4 Å². The van der Waals surface area contributed by atoms with Gasteiger partial charge in [-0.05, 0) is 19.9 Å². The van der Waals surface area contributed by atoms with Crippen molar-refractivity contribution >= 4 is 30.2 Å². The molecule has 0 aliphatic carbocycles. The molecule has 1 amide bonds. The number of nitrogens with zero attached hydrogens (tertiary/aromatic N) is 3. The molecule has 1 atom stereocenters. The normalized spacial score (nSPS) is 20.1. The van der Waals surface area contributed by atoms with Crippen molar-refractivity contribution in [2.75, 3.05) is 32.1 Å². The molecule has 1 aliphatic rings. The molecule has 1 aromatic rings. The number of rotatable bonds is 4. The van der Waals surface area contributed by atoms with Gasteiger partial charge in [0.15, 0.2) is 5.54 Å². The molecule has 8 nitrogen and oxygen atoms in total. The first-order chi connectivity index (χ1) is 9.85. The second-order valence-corrected chi connectivity index (χ2v) is 5.33. The zero-order valence-electron chi connectivity index (χ0n) is 12.7. The van der Waals surface area contributed by atoms with Crippen LogP contribution in [0.1, 0.15) is 22.5 Å². The highest BCUT2D eigenvalue weighted by Gasteiger charge is 2.43. The van der Waals surface area contributed by atoms with Crippen molar-refractivity contribution in [1.29, 1.82) is 0 Å². The Balaban J connectivity index is 0.00000242. The monoisotopic (exact) mass is 329 g/mol. The lowest BCUT2D eigenvalue weighted by Crippen LogP contribution is -2.56. The largest absolute Gasteiger partial charge is 0.479 e. The van der Waals surface area contributed by atoms with Crippen LogP contribution < -0.4 is 15.5 Å². The number of anilines is 1. The fourth-order valence-electron chi connectivity index (χ4n) is 2.21. The number of aryl methyl sites for hydroxylation is 1. The van der Waals surface area contributed by atoms with E-state index >= 15 is 0 Å². The molecule has 2 rings (SSSR count). The third kappa shape index (κ3) is 3.45. The first-order valence-electron chi connectivity index (χ1n) is 6.63. The van der Waals surface area contributed by atoms with Crippen molar-refractivity contribution in [3.8, 4) is 0 Å². The van der Waals surface area contributed by atoms with Gasteiger partial charge < -0.3 is 20.6 Å². The quantitative estimate of drug-likeness (QED) is 0.703. The highest BCUT2D eigenvalue weighted by atomic mass is 35.5. The first-order valence-corrected chi connectivity index (χ1v) is 6.63. The zero-order chi connectivity index (χ0) is 15.6. The molecule has 1 unspecified atom stereocenters. The predicted octanol–water partition coefficient (Wildman–Crippen LogP) is -0.181. The number of carbonyl (C=O) groups excluding carboxylic acids is 1. The summed E-state index contributed by atoms with van der Waals surface area (Å²) in [6, 6.07) is 0. The summed E-state index contributed by atoms with van der Waals surface area (Å²) in [4.78, 5) is 33.8. The third-order valence-corrected chi connectivity index (χ3v) is 3.53. The van der Waals surface area contributed by atoms with E-state index in [9.17, 15) is 14.7 Å². The van der Waals surface area contributed by atoms with Gasteiger partial charge >= 0.3 is 5.97 Å². The Hall–Kier alpha value is -1.93. The molecule has 122 valence electrons. The lowest BCUT2D eigenvalue weighted by Gasteiger charge is -2.24. The minimum Gasteiger partial charge on any atom is -0.479 e. The summed E-state index contributed by atoms with van der Waals surface area (Å²) in [7, 11) is 3.61. The summed E-state index contributed by atoms with van der Waals surface area (Å²) in [6.45, 7) is 2.47. The van der Waals surface area contributed by atoms with Crippen LogP contribution in [0.5, 0.6) is 0 Å². The third-order valence-electron chi connectivity index (χ3n) is 3.53. The van der Waals surface area contributed by atoms with E-state index in [0.29, 0.717) is 24.6 Å². The van der Waals surface area contributed by atoms with Crippen LogP contribution in [0.2, 0.25) is 0 Å². The van der Waals surface area contributed by atoms with E-state index in [4.69, 9.17) is 0 Å². The lowest BCUT2D eigenvalue weighted by atomic mass is 9.98. The predicted molar refractivity (Wildman–Crippen MR) is 83.7 cm³/mol. The maximum atomic E-state index is 12.3. The van der Waals surface area contributed by atoms with E-state index in [1.54, 1.807) is 25.9 Å². The summed E-state index contributed by atoms with van der Waals surface area (Å²) in [5.74, 6) is -1.01. The Labute approximate surface area is 134 Å². The number of aliphatic carboxylic acids is 1. The number of halogens is 1. The van der Waals surface area contributed by atoms with Crippen molar-refractivity contribution < 1.29 is 14.7 Å². The zero-order valence-corrected chi connectivity index (χ0v) is 13.5. The molecule has 1 aliphatic heterocycles. The SMILES string of the molecule is Cc1nc(N(C)C)ncc1C(=O)NC1(C(=O)O)CCNC1.Cl. The van der Waals surface area contributed by atoms with E-state index in [0.717, 1.165) is 0 Å². The molecular weight excluding hydrogens is 310 g/mol. The number of aromatic nitrogens is 2. The molecule has 0 bridgehead atoms. The smallest absolute Gasteiger partial charge is 0.330 e. The Morgan fingerprint density at radius 3 is 2.59 bits per heavy atom. The van der Waals surface area contributed by atoms with Crippen molar-refractivity contribution in [2.45, 2.75) is 18.9 Å². The minimum atomic E-state index is -1.26. The van der Waals surface area contributed by atoms with Crippen LogP contribution in [0.4, 0.5) is 5.95 Å². The molecule has 1 saturated heterocycles. The average molecular weight is 330 g/mol. The van der Waals surface area contributed by atoms with Gasteiger partial charge in [0, 0.05) is 26.8 Å². The van der Waals surface area contributed by atoms with Gasteiger partial charge in [-0.1, -0.05) is 0 Å².